The first-order valence-electron chi connectivity index (χ1n) is 18.5. The Labute approximate surface area is 308 Å². The van der Waals surface area contributed by atoms with Gasteiger partial charge >= 0.3 is 0 Å². The van der Waals surface area contributed by atoms with Crippen molar-refractivity contribution in [2.75, 3.05) is 0 Å². The topological polar surface area (TPSA) is 35.1 Å². The second-order valence-corrected chi connectivity index (χ2v) is 14.5. The quantitative estimate of drug-likeness (QED) is 0.170. The third-order valence-electron chi connectivity index (χ3n) is 11.8. The Morgan fingerprint density at radius 2 is 0.963 bits per heavy atom. The van der Waals surface area contributed by atoms with Crippen molar-refractivity contribution in [3.63, 3.8) is 0 Å². The molecule has 0 saturated heterocycles. The lowest BCUT2D eigenvalue weighted by molar-refractivity contribution is 1.08. The number of hydrogen-bond donors (Lipinski definition) is 0. The van der Waals surface area contributed by atoms with E-state index in [2.05, 4.69) is 179 Å². The average Bonchev–Trinajstić information content (AvgIpc) is 3.86. The van der Waals surface area contributed by atoms with Gasteiger partial charge in [0.25, 0.3) is 0 Å². The molecule has 13 rings (SSSR count). The summed E-state index contributed by atoms with van der Waals surface area (Å²) in [5.74, 6) is 1.60. The summed E-state index contributed by atoms with van der Waals surface area (Å²) >= 11 is 0. The molecule has 0 spiro atoms. The highest BCUT2D eigenvalue weighted by atomic mass is 15.1. The minimum absolute atomic E-state index is 0.718. The van der Waals surface area contributed by atoms with Crippen molar-refractivity contribution in [3.05, 3.63) is 170 Å². The Morgan fingerprint density at radius 3 is 1.80 bits per heavy atom. The average molecular weight is 685 g/mol. The maximum absolute atomic E-state index is 5.62. The molecular weight excluding hydrogens is 657 g/mol. The first-order valence-corrected chi connectivity index (χ1v) is 18.5. The number of aromatic nitrogens is 4. The zero-order chi connectivity index (χ0) is 35.1. The van der Waals surface area contributed by atoms with Crippen LogP contribution in [0.2, 0.25) is 0 Å². The van der Waals surface area contributed by atoms with Crippen molar-refractivity contribution in [1.82, 2.24) is 18.9 Å². The molecule has 248 valence electrons. The molecule has 13 aromatic rings. The Morgan fingerprint density at radius 1 is 0.352 bits per heavy atom. The number of para-hydroxylation sites is 3. The van der Waals surface area contributed by atoms with E-state index in [1.165, 1.54) is 81.3 Å². The molecule has 0 fully saturated rings. The van der Waals surface area contributed by atoms with Gasteiger partial charge < -0.3 is 4.40 Å². The van der Waals surface area contributed by atoms with Gasteiger partial charge in [0.15, 0.2) is 5.82 Å². The third-order valence-corrected chi connectivity index (χ3v) is 11.8. The number of nitrogens with zero attached hydrogens (tertiary/aromatic N) is 4. The van der Waals surface area contributed by atoms with Crippen LogP contribution in [0.15, 0.2) is 170 Å². The van der Waals surface area contributed by atoms with Crippen molar-refractivity contribution in [2.24, 2.45) is 0 Å². The van der Waals surface area contributed by atoms with Crippen LogP contribution in [0.25, 0.3) is 120 Å². The molecule has 9 aromatic carbocycles. The van der Waals surface area contributed by atoms with Crippen LogP contribution >= 0.6 is 0 Å². The van der Waals surface area contributed by atoms with E-state index < -0.39 is 0 Å². The van der Waals surface area contributed by atoms with Crippen molar-refractivity contribution in [1.29, 1.82) is 0 Å². The fraction of sp³-hybridized carbons (Fsp3) is 0. The normalized spacial score (nSPS) is 12.4. The first-order chi connectivity index (χ1) is 26.8. The maximum Gasteiger partial charge on any atom is 0.162 e. The van der Waals surface area contributed by atoms with Gasteiger partial charge in [-0.1, -0.05) is 121 Å². The minimum atomic E-state index is 0.718. The van der Waals surface area contributed by atoms with Crippen molar-refractivity contribution >= 4 is 103 Å². The third kappa shape index (κ3) is 3.57. The van der Waals surface area contributed by atoms with Crippen molar-refractivity contribution in [3.8, 4) is 17.2 Å². The van der Waals surface area contributed by atoms with E-state index in [4.69, 9.17) is 9.97 Å². The summed E-state index contributed by atoms with van der Waals surface area (Å²) in [4.78, 5) is 10.9. The predicted molar refractivity (Wildman–Crippen MR) is 226 cm³/mol. The molecule has 0 amide bonds. The summed E-state index contributed by atoms with van der Waals surface area (Å²) in [5.41, 5.74) is 7.93. The Balaban J connectivity index is 1.24. The highest BCUT2D eigenvalue weighted by Gasteiger charge is 2.26. The summed E-state index contributed by atoms with van der Waals surface area (Å²) < 4.78 is 4.92. The standard InChI is InChI=1S/C50H28N4/c1-2-14-30-27-45-38(25-29(30)13-1)40-28-39-35-19-8-11-23-43(35)54(48(39)46-37-21-9-12-24-44(37)53(45)47(40)46)50-36-20-7-10-22-42(36)51-49(52-50)41-26-31-15-3-4-16-32(31)33-17-5-6-18-34(33)41/h1-28H. The van der Waals surface area contributed by atoms with Gasteiger partial charge in [-0.05, 0) is 80.8 Å². The van der Waals surface area contributed by atoms with E-state index in [-0.39, 0.29) is 0 Å². The van der Waals surface area contributed by atoms with Crippen molar-refractivity contribution < 1.29 is 0 Å². The molecule has 4 nitrogen and oxygen atoms in total. The molecule has 4 heteroatoms. The van der Waals surface area contributed by atoms with Crippen LogP contribution in [0.5, 0.6) is 0 Å². The van der Waals surface area contributed by atoms with Gasteiger partial charge in [0, 0.05) is 43.3 Å². The molecule has 0 aliphatic rings. The second kappa shape index (κ2) is 10.2. The van der Waals surface area contributed by atoms with Crippen LogP contribution in [0.3, 0.4) is 0 Å². The van der Waals surface area contributed by atoms with E-state index in [1.54, 1.807) is 0 Å². The van der Waals surface area contributed by atoms with Crippen molar-refractivity contribution in [2.45, 2.75) is 0 Å². The molecule has 0 N–H and O–H groups in total. The minimum Gasteiger partial charge on any atom is -0.308 e. The lowest BCUT2D eigenvalue weighted by Gasteiger charge is -2.15. The molecular formula is C50H28N4. The smallest absolute Gasteiger partial charge is 0.162 e. The van der Waals surface area contributed by atoms with Gasteiger partial charge in [-0.25, -0.2) is 9.97 Å². The van der Waals surface area contributed by atoms with E-state index in [0.29, 0.717) is 0 Å². The molecule has 0 saturated carbocycles. The SMILES string of the molecule is c1ccc2cc3c(cc2c1)c1cc2c4ccccc4n(-c4nc(-c5cc6ccccc6c6ccccc56)nc5ccccc45)c2c2c4ccccc4n3c12. The molecule has 0 aliphatic heterocycles. The number of benzene rings is 9. The van der Waals surface area contributed by atoms with Crippen LogP contribution in [0, 0.1) is 0 Å². The molecule has 0 atom stereocenters. The summed E-state index contributed by atoms with van der Waals surface area (Å²) in [6.07, 6.45) is 0. The van der Waals surface area contributed by atoms with Gasteiger partial charge in [0.2, 0.25) is 0 Å². The van der Waals surface area contributed by atoms with E-state index >= 15 is 0 Å². The molecule has 4 heterocycles. The number of hydrogen-bond acceptors (Lipinski definition) is 2. The lowest BCUT2D eigenvalue weighted by Crippen LogP contribution is -2.03. The van der Waals surface area contributed by atoms with Gasteiger partial charge in [-0.15, -0.1) is 0 Å². The number of fused-ring (bicyclic) bond motifs is 15. The summed E-state index contributed by atoms with van der Waals surface area (Å²) in [5, 5.41) is 15.7. The Hall–Kier alpha value is -7.30. The molecule has 0 bridgehead atoms. The first kappa shape index (κ1) is 28.3. The van der Waals surface area contributed by atoms with Gasteiger partial charge in [-0.2, -0.15) is 0 Å². The highest BCUT2D eigenvalue weighted by Crippen LogP contribution is 2.47. The fourth-order valence-corrected chi connectivity index (χ4v) is 9.50. The molecule has 0 radical (unpaired) electrons. The lowest BCUT2D eigenvalue weighted by atomic mass is 9.97. The fourth-order valence-electron chi connectivity index (χ4n) is 9.50. The summed E-state index contributed by atoms with van der Waals surface area (Å²) in [6, 6.07) is 61.6. The van der Waals surface area contributed by atoms with Gasteiger partial charge in [0.05, 0.1) is 33.1 Å². The molecule has 4 aromatic heterocycles. The molecule has 54 heavy (non-hydrogen) atoms. The van der Waals surface area contributed by atoms with Crippen LogP contribution in [-0.4, -0.2) is 18.9 Å². The maximum atomic E-state index is 5.62. The van der Waals surface area contributed by atoms with Crippen LogP contribution in [0.4, 0.5) is 0 Å². The number of rotatable bonds is 2. The van der Waals surface area contributed by atoms with Crippen LogP contribution in [-0.2, 0) is 0 Å². The summed E-state index contributed by atoms with van der Waals surface area (Å²) in [6.45, 7) is 0. The Kier molecular flexibility index (Phi) is 5.34. The zero-order valence-electron chi connectivity index (χ0n) is 29.0. The summed E-state index contributed by atoms with van der Waals surface area (Å²) in [7, 11) is 0. The second-order valence-electron chi connectivity index (χ2n) is 14.5. The highest BCUT2D eigenvalue weighted by molar-refractivity contribution is 6.34. The largest absolute Gasteiger partial charge is 0.308 e. The van der Waals surface area contributed by atoms with E-state index in [9.17, 15) is 0 Å². The molecule has 0 aliphatic carbocycles. The monoisotopic (exact) mass is 684 g/mol. The Bertz CT molecular complexity index is 3740. The van der Waals surface area contributed by atoms with E-state index in [1.807, 2.05) is 0 Å². The van der Waals surface area contributed by atoms with Crippen LogP contribution in [0.1, 0.15) is 0 Å². The van der Waals surface area contributed by atoms with Crippen LogP contribution < -0.4 is 0 Å². The predicted octanol–water partition coefficient (Wildman–Crippen LogP) is 13.0. The van der Waals surface area contributed by atoms with Gasteiger partial charge in [0.1, 0.15) is 5.82 Å². The van der Waals surface area contributed by atoms with Gasteiger partial charge in [-0.3, -0.25) is 4.57 Å². The molecule has 0 unspecified atom stereocenters. The zero-order valence-corrected chi connectivity index (χ0v) is 29.0. The van der Waals surface area contributed by atoms with E-state index in [0.717, 1.165) is 39.0 Å².